The van der Waals surface area contributed by atoms with Gasteiger partial charge >= 0.3 is 5.97 Å². The zero-order valence-corrected chi connectivity index (χ0v) is 9.64. The largest absolute Gasteiger partial charge is 0.465 e. The van der Waals surface area contributed by atoms with Crippen LogP contribution in [0.1, 0.15) is 40.0 Å². The average molecular weight is 204 g/mol. The number of hydrogen-bond acceptors (Lipinski definition) is 3. The SMILES string of the molecule is CCCCOC(=O)C(S)CC(C)C. The van der Waals surface area contributed by atoms with Gasteiger partial charge in [-0.25, -0.2) is 0 Å². The molecule has 0 amide bonds. The third kappa shape index (κ3) is 6.94. The lowest BCUT2D eigenvalue weighted by Gasteiger charge is -2.12. The van der Waals surface area contributed by atoms with Gasteiger partial charge in [-0.2, -0.15) is 12.6 Å². The first kappa shape index (κ1) is 12.8. The molecule has 2 nitrogen and oxygen atoms in total. The monoisotopic (exact) mass is 204 g/mol. The van der Waals surface area contributed by atoms with Crippen molar-refractivity contribution in [3.8, 4) is 0 Å². The molecule has 0 aliphatic rings. The van der Waals surface area contributed by atoms with Crippen LogP contribution in [-0.4, -0.2) is 17.8 Å². The molecule has 0 spiro atoms. The van der Waals surface area contributed by atoms with Gasteiger partial charge in [-0.3, -0.25) is 4.79 Å². The van der Waals surface area contributed by atoms with E-state index in [1.807, 2.05) is 0 Å². The van der Waals surface area contributed by atoms with Gasteiger partial charge in [0.15, 0.2) is 0 Å². The molecule has 0 rings (SSSR count). The predicted octanol–water partition coefficient (Wildman–Crippen LogP) is 2.67. The van der Waals surface area contributed by atoms with Crippen LogP contribution in [0.4, 0.5) is 0 Å². The minimum Gasteiger partial charge on any atom is -0.465 e. The maximum atomic E-state index is 11.3. The van der Waals surface area contributed by atoms with Crippen LogP contribution in [0.5, 0.6) is 0 Å². The molecule has 0 aromatic rings. The molecule has 0 saturated carbocycles. The topological polar surface area (TPSA) is 26.3 Å². The lowest BCUT2D eigenvalue weighted by molar-refractivity contribution is -0.143. The first-order valence-corrected chi connectivity index (χ1v) is 5.44. The minimum atomic E-state index is -0.253. The molecule has 1 atom stereocenters. The van der Waals surface area contributed by atoms with Crippen LogP contribution in [0.25, 0.3) is 0 Å². The van der Waals surface area contributed by atoms with Crippen molar-refractivity contribution in [2.75, 3.05) is 6.61 Å². The maximum Gasteiger partial charge on any atom is 0.318 e. The summed E-state index contributed by atoms with van der Waals surface area (Å²) in [5.41, 5.74) is 0. The average Bonchev–Trinajstić information content (AvgIpc) is 2.03. The zero-order valence-electron chi connectivity index (χ0n) is 8.75. The van der Waals surface area contributed by atoms with Crippen LogP contribution in [0, 0.1) is 5.92 Å². The molecule has 0 fully saturated rings. The van der Waals surface area contributed by atoms with Crippen molar-refractivity contribution in [2.24, 2.45) is 5.92 Å². The van der Waals surface area contributed by atoms with E-state index in [0.29, 0.717) is 12.5 Å². The Morgan fingerprint density at radius 1 is 1.46 bits per heavy atom. The fraction of sp³-hybridized carbons (Fsp3) is 0.900. The quantitative estimate of drug-likeness (QED) is 0.409. The van der Waals surface area contributed by atoms with E-state index in [1.54, 1.807) is 0 Å². The Kier molecular flexibility index (Phi) is 7.14. The number of thiol groups is 1. The molecule has 13 heavy (non-hydrogen) atoms. The first-order valence-electron chi connectivity index (χ1n) is 4.92. The Labute approximate surface area is 86.5 Å². The smallest absolute Gasteiger partial charge is 0.318 e. The second kappa shape index (κ2) is 7.25. The zero-order chi connectivity index (χ0) is 10.3. The normalized spacial score (nSPS) is 13.0. The van der Waals surface area contributed by atoms with Gasteiger partial charge in [-0.1, -0.05) is 27.2 Å². The van der Waals surface area contributed by atoms with Crippen LogP contribution < -0.4 is 0 Å². The van der Waals surface area contributed by atoms with Crippen molar-refractivity contribution in [2.45, 2.75) is 45.3 Å². The second-order valence-corrected chi connectivity index (χ2v) is 4.29. The standard InChI is InChI=1S/C10H20O2S/c1-4-5-6-12-10(11)9(13)7-8(2)3/h8-9,13H,4-7H2,1-3H3. The molecule has 78 valence electrons. The van der Waals surface area contributed by atoms with E-state index in [1.165, 1.54) is 0 Å². The van der Waals surface area contributed by atoms with Crippen molar-refractivity contribution in [1.82, 2.24) is 0 Å². The van der Waals surface area contributed by atoms with Crippen LogP contribution >= 0.6 is 12.6 Å². The summed E-state index contributed by atoms with van der Waals surface area (Å²) in [5, 5.41) is -0.253. The first-order chi connectivity index (χ1) is 6.07. The maximum absolute atomic E-state index is 11.3. The fourth-order valence-corrected chi connectivity index (χ4v) is 1.45. The fourth-order valence-electron chi connectivity index (χ4n) is 0.956. The molecule has 0 saturated heterocycles. The van der Waals surface area contributed by atoms with E-state index in [9.17, 15) is 4.79 Å². The van der Waals surface area contributed by atoms with Crippen molar-refractivity contribution in [1.29, 1.82) is 0 Å². The van der Waals surface area contributed by atoms with E-state index in [2.05, 4.69) is 33.4 Å². The van der Waals surface area contributed by atoms with Gasteiger partial charge in [0.1, 0.15) is 0 Å². The van der Waals surface area contributed by atoms with Gasteiger partial charge in [0.2, 0.25) is 0 Å². The van der Waals surface area contributed by atoms with Crippen LogP contribution in [0.15, 0.2) is 0 Å². The summed E-state index contributed by atoms with van der Waals surface area (Å²) in [6.07, 6.45) is 2.77. The molecule has 0 aromatic heterocycles. The lowest BCUT2D eigenvalue weighted by Crippen LogP contribution is -2.20. The van der Waals surface area contributed by atoms with Gasteiger partial charge < -0.3 is 4.74 Å². The van der Waals surface area contributed by atoms with Crippen molar-refractivity contribution < 1.29 is 9.53 Å². The predicted molar refractivity (Wildman–Crippen MR) is 58.1 cm³/mol. The Bertz CT molecular complexity index is 146. The third-order valence-corrected chi connectivity index (χ3v) is 2.13. The molecule has 0 heterocycles. The van der Waals surface area contributed by atoms with E-state index < -0.39 is 0 Å². The number of ether oxygens (including phenoxy) is 1. The summed E-state index contributed by atoms with van der Waals surface area (Å²) >= 11 is 4.19. The van der Waals surface area contributed by atoms with E-state index >= 15 is 0 Å². The molecule has 0 N–H and O–H groups in total. The minimum absolute atomic E-state index is 0.175. The Morgan fingerprint density at radius 2 is 2.08 bits per heavy atom. The van der Waals surface area contributed by atoms with E-state index in [-0.39, 0.29) is 11.2 Å². The molecule has 0 aromatic carbocycles. The number of rotatable bonds is 6. The number of unbranched alkanes of at least 4 members (excludes halogenated alkanes) is 1. The molecule has 1 unspecified atom stereocenters. The summed E-state index contributed by atoms with van der Waals surface area (Å²) < 4.78 is 5.03. The Hall–Kier alpha value is -0.180. The number of hydrogen-bond donors (Lipinski definition) is 1. The van der Waals surface area contributed by atoms with Gasteiger partial charge in [0.25, 0.3) is 0 Å². The van der Waals surface area contributed by atoms with E-state index in [4.69, 9.17) is 4.74 Å². The number of esters is 1. The van der Waals surface area contributed by atoms with Crippen molar-refractivity contribution in [3.05, 3.63) is 0 Å². The molecular formula is C10H20O2S. The summed E-state index contributed by atoms with van der Waals surface area (Å²) in [6, 6.07) is 0. The van der Waals surface area contributed by atoms with Gasteiger partial charge in [-0.15, -0.1) is 0 Å². The third-order valence-electron chi connectivity index (χ3n) is 1.71. The molecule has 0 aliphatic carbocycles. The highest BCUT2D eigenvalue weighted by atomic mass is 32.1. The van der Waals surface area contributed by atoms with Gasteiger partial charge in [0, 0.05) is 0 Å². The molecule has 0 radical (unpaired) electrons. The van der Waals surface area contributed by atoms with Crippen molar-refractivity contribution >= 4 is 18.6 Å². The van der Waals surface area contributed by atoms with Gasteiger partial charge in [0.05, 0.1) is 11.9 Å². The summed E-state index contributed by atoms with van der Waals surface area (Å²) in [4.78, 5) is 11.3. The summed E-state index contributed by atoms with van der Waals surface area (Å²) in [5.74, 6) is 0.312. The summed E-state index contributed by atoms with van der Waals surface area (Å²) in [7, 11) is 0. The number of carbonyl (C=O) groups is 1. The van der Waals surface area contributed by atoms with E-state index in [0.717, 1.165) is 19.3 Å². The molecule has 0 aliphatic heterocycles. The Balaban J connectivity index is 3.57. The molecule has 0 bridgehead atoms. The van der Waals surface area contributed by atoms with Crippen molar-refractivity contribution in [3.63, 3.8) is 0 Å². The van der Waals surface area contributed by atoms with Gasteiger partial charge in [-0.05, 0) is 18.8 Å². The van der Waals surface area contributed by atoms with Crippen LogP contribution in [0.3, 0.4) is 0 Å². The molecule has 3 heteroatoms. The second-order valence-electron chi connectivity index (χ2n) is 3.67. The van der Waals surface area contributed by atoms with Crippen LogP contribution in [0.2, 0.25) is 0 Å². The number of carbonyl (C=O) groups excluding carboxylic acids is 1. The highest BCUT2D eigenvalue weighted by Crippen LogP contribution is 2.11. The highest BCUT2D eigenvalue weighted by Gasteiger charge is 2.16. The Morgan fingerprint density at radius 3 is 2.54 bits per heavy atom. The lowest BCUT2D eigenvalue weighted by atomic mass is 10.1. The summed E-state index contributed by atoms with van der Waals surface area (Å²) in [6.45, 7) is 6.75. The molecular weight excluding hydrogens is 184 g/mol. The van der Waals surface area contributed by atoms with Crippen LogP contribution in [-0.2, 0) is 9.53 Å². The highest BCUT2D eigenvalue weighted by molar-refractivity contribution is 7.81.